The summed E-state index contributed by atoms with van der Waals surface area (Å²) in [6.07, 6.45) is 0.488. The van der Waals surface area contributed by atoms with Gasteiger partial charge in [0.2, 0.25) is 5.91 Å². The van der Waals surface area contributed by atoms with Crippen molar-refractivity contribution >= 4 is 22.6 Å². The molecule has 1 amide bonds. The molecule has 1 aliphatic heterocycles. The molecular formula is C30H33N3O. The number of fused-ring (bicyclic) bond motifs is 1. The molecule has 0 radical (unpaired) electrons. The van der Waals surface area contributed by atoms with Gasteiger partial charge < -0.3 is 9.47 Å². The number of hydrogen-bond donors (Lipinski definition) is 0. The Kier molecular flexibility index (Phi) is 5.55. The van der Waals surface area contributed by atoms with Crippen LogP contribution in [0.5, 0.6) is 0 Å². The molecule has 0 aliphatic carbocycles. The molecule has 1 aromatic heterocycles. The Hall–Kier alpha value is -3.40. The number of imidazole rings is 1. The summed E-state index contributed by atoms with van der Waals surface area (Å²) in [5, 5.41) is 0. The molecule has 1 fully saturated rings. The van der Waals surface area contributed by atoms with E-state index in [0.29, 0.717) is 13.0 Å². The molecule has 3 aromatic carbocycles. The third-order valence-corrected chi connectivity index (χ3v) is 7.65. The highest BCUT2D eigenvalue weighted by Gasteiger charge is 2.35. The average Bonchev–Trinajstić information content (AvgIpc) is 3.36. The molecule has 4 heteroatoms. The second kappa shape index (κ2) is 8.43. The zero-order valence-corrected chi connectivity index (χ0v) is 21.1. The number of rotatable bonds is 4. The molecule has 1 unspecified atom stereocenters. The quantitative estimate of drug-likeness (QED) is 0.357. The SMILES string of the molecule is Cc1ccc(N2CC(c3nc4ccccc4n3Cc3c(C)c(C)cc(C)c3C)CC2=O)c(C)c1. The van der Waals surface area contributed by atoms with Crippen molar-refractivity contribution in [3.8, 4) is 0 Å². The zero-order valence-electron chi connectivity index (χ0n) is 21.1. The smallest absolute Gasteiger partial charge is 0.227 e. The highest BCUT2D eigenvalue weighted by atomic mass is 16.2. The van der Waals surface area contributed by atoms with E-state index in [9.17, 15) is 4.79 Å². The number of carbonyl (C=O) groups is 1. The molecule has 1 aliphatic rings. The Labute approximate surface area is 202 Å². The van der Waals surface area contributed by atoms with Crippen LogP contribution in [-0.2, 0) is 11.3 Å². The Bertz CT molecular complexity index is 1400. The van der Waals surface area contributed by atoms with E-state index in [-0.39, 0.29) is 11.8 Å². The van der Waals surface area contributed by atoms with Crippen LogP contribution in [-0.4, -0.2) is 22.0 Å². The molecular weight excluding hydrogens is 418 g/mol. The number of carbonyl (C=O) groups excluding carboxylic acids is 1. The fourth-order valence-corrected chi connectivity index (χ4v) is 5.49. The van der Waals surface area contributed by atoms with E-state index >= 15 is 0 Å². The topological polar surface area (TPSA) is 38.1 Å². The van der Waals surface area contributed by atoms with Gasteiger partial charge in [0.25, 0.3) is 0 Å². The van der Waals surface area contributed by atoms with E-state index in [1.54, 1.807) is 0 Å². The first-order chi connectivity index (χ1) is 16.2. The number of amides is 1. The maximum atomic E-state index is 13.2. The van der Waals surface area contributed by atoms with Gasteiger partial charge >= 0.3 is 0 Å². The maximum absolute atomic E-state index is 13.2. The van der Waals surface area contributed by atoms with Crippen molar-refractivity contribution < 1.29 is 4.79 Å². The summed E-state index contributed by atoms with van der Waals surface area (Å²) in [6, 6.07) is 16.9. The molecule has 0 spiro atoms. The van der Waals surface area contributed by atoms with E-state index < -0.39 is 0 Å². The van der Waals surface area contributed by atoms with Gasteiger partial charge in [0.1, 0.15) is 5.82 Å². The lowest BCUT2D eigenvalue weighted by atomic mass is 9.94. The summed E-state index contributed by atoms with van der Waals surface area (Å²) in [6.45, 7) is 14.4. The lowest BCUT2D eigenvalue weighted by Crippen LogP contribution is -2.25. The summed E-state index contributed by atoms with van der Waals surface area (Å²) in [5.41, 5.74) is 12.2. The first-order valence-corrected chi connectivity index (χ1v) is 12.1. The van der Waals surface area contributed by atoms with E-state index in [1.165, 1.54) is 33.4 Å². The number of hydrogen-bond acceptors (Lipinski definition) is 2. The lowest BCUT2D eigenvalue weighted by molar-refractivity contribution is -0.117. The number of anilines is 1. The highest BCUT2D eigenvalue weighted by molar-refractivity contribution is 5.97. The maximum Gasteiger partial charge on any atom is 0.227 e. The van der Waals surface area contributed by atoms with Gasteiger partial charge in [-0.05, 0) is 93.1 Å². The van der Waals surface area contributed by atoms with Crippen LogP contribution in [0.3, 0.4) is 0 Å². The minimum atomic E-state index is 0.0621. The van der Waals surface area contributed by atoms with Gasteiger partial charge in [0.05, 0.1) is 11.0 Å². The van der Waals surface area contributed by atoms with Crippen LogP contribution in [0.25, 0.3) is 11.0 Å². The van der Waals surface area contributed by atoms with Gasteiger partial charge in [-0.2, -0.15) is 0 Å². The van der Waals surface area contributed by atoms with Crippen molar-refractivity contribution in [2.24, 2.45) is 0 Å². The van der Waals surface area contributed by atoms with Crippen molar-refractivity contribution in [2.45, 2.75) is 60.4 Å². The molecule has 4 nitrogen and oxygen atoms in total. The lowest BCUT2D eigenvalue weighted by Gasteiger charge is -2.21. The van der Waals surface area contributed by atoms with Crippen molar-refractivity contribution in [2.75, 3.05) is 11.4 Å². The number of para-hydroxylation sites is 2. The second-order valence-corrected chi connectivity index (χ2v) is 9.98. The molecule has 4 aromatic rings. The fourth-order valence-electron chi connectivity index (χ4n) is 5.49. The van der Waals surface area contributed by atoms with E-state index in [2.05, 4.69) is 88.6 Å². The monoisotopic (exact) mass is 451 g/mol. The van der Waals surface area contributed by atoms with Crippen molar-refractivity contribution in [1.82, 2.24) is 9.55 Å². The van der Waals surface area contributed by atoms with Gasteiger partial charge in [-0.1, -0.05) is 35.9 Å². The molecule has 174 valence electrons. The van der Waals surface area contributed by atoms with Gasteiger partial charge in [-0.15, -0.1) is 0 Å². The Morgan fingerprint density at radius 3 is 2.29 bits per heavy atom. The molecule has 1 atom stereocenters. The Morgan fingerprint density at radius 1 is 0.882 bits per heavy atom. The first-order valence-electron chi connectivity index (χ1n) is 12.1. The van der Waals surface area contributed by atoms with Crippen LogP contribution in [0, 0.1) is 41.5 Å². The van der Waals surface area contributed by atoms with Crippen molar-refractivity contribution in [1.29, 1.82) is 0 Å². The van der Waals surface area contributed by atoms with Gasteiger partial charge in [0.15, 0.2) is 0 Å². The number of aryl methyl sites for hydroxylation is 4. The summed E-state index contributed by atoms with van der Waals surface area (Å²) in [5.74, 6) is 1.25. The molecule has 0 bridgehead atoms. The van der Waals surface area contributed by atoms with E-state index in [0.717, 1.165) is 34.7 Å². The average molecular weight is 452 g/mol. The zero-order chi connectivity index (χ0) is 24.1. The van der Waals surface area contributed by atoms with Gasteiger partial charge in [-0.3, -0.25) is 4.79 Å². The summed E-state index contributed by atoms with van der Waals surface area (Å²) in [7, 11) is 0. The minimum absolute atomic E-state index is 0.0621. The third-order valence-electron chi connectivity index (χ3n) is 7.65. The van der Waals surface area contributed by atoms with Crippen molar-refractivity contribution in [3.63, 3.8) is 0 Å². The van der Waals surface area contributed by atoms with Gasteiger partial charge in [-0.25, -0.2) is 4.98 Å². The largest absolute Gasteiger partial charge is 0.323 e. The standard InChI is InChI=1S/C30H33N3O/c1-18-11-12-27(21(4)13-18)32-16-24(15-29(32)34)30-31-26-9-7-8-10-28(26)33(30)17-25-22(5)19(2)14-20(3)23(25)6/h7-14,24H,15-17H2,1-6H3. The minimum Gasteiger partial charge on any atom is -0.323 e. The van der Waals surface area contributed by atoms with Crippen LogP contribution in [0.4, 0.5) is 5.69 Å². The summed E-state index contributed by atoms with van der Waals surface area (Å²) >= 11 is 0. The molecule has 1 saturated heterocycles. The van der Waals surface area contributed by atoms with Crippen LogP contribution >= 0.6 is 0 Å². The molecule has 5 rings (SSSR count). The normalized spacial score (nSPS) is 16.1. The predicted molar refractivity (Wildman–Crippen MR) is 140 cm³/mol. The summed E-state index contributed by atoms with van der Waals surface area (Å²) < 4.78 is 2.35. The van der Waals surface area contributed by atoms with E-state index in [1.807, 2.05) is 11.0 Å². The summed E-state index contributed by atoms with van der Waals surface area (Å²) in [4.78, 5) is 20.2. The first kappa shape index (κ1) is 22.4. The molecule has 0 saturated carbocycles. The van der Waals surface area contributed by atoms with Crippen molar-refractivity contribution in [3.05, 3.63) is 93.3 Å². The predicted octanol–water partition coefficient (Wildman–Crippen LogP) is 6.46. The van der Waals surface area contributed by atoms with Crippen LogP contribution < -0.4 is 4.90 Å². The fraction of sp³-hybridized carbons (Fsp3) is 0.333. The van der Waals surface area contributed by atoms with Crippen LogP contribution in [0.1, 0.15) is 57.1 Å². The number of benzene rings is 3. The third kappa shape index (κ3) is 3.71. The van der Waals surface area contributed by atoms with E-state index in [4.69, 9.17) is 4.98 Å². The Morgan fingerprint density at radius 2 is 1.59 bits per heavy atom. The Balaban J connectivity index is 1.58. The van der Waals surface area contributed by atoms with Gasteiger partial charge in [0, 0.05) is 31.1 Å². The highest BCUT2D eigenvalue weighted by Crippen LogP contribution is 2.35. The molecule has 34 heavy (non-hydrogen) atoms. The van der Waals surface area contributed by atoms with Crippen LogP contribution in [0.2, 0.25) is 0 Å². The van der Waals surface area contributed by atoms with Crippen LogP contribution in [0.15, 0.2) is 48.5 Å². The molecule has 0 N–H and O–H groups in total. The number of nitrogens with zero attached hydrogens (tertiary/aromatic N) is 3. The second-order valence-electron chi connectivity index (χ2n) is 9.98. The number of aromatic nitrogens is 2. The molecule has 2 heterocycles.